The maximum atomic E-state index is 13.0. The number of oxazole rings is 1. The second-order valence-corrected chi connectivity index (χ2v) is 7.82. The minimum atomic E-state index is -0.123. The second-order valence-electron chi connectivity index (χ2n) is 6.97. The van der Waals surface area contributed by atoms with Crippen LogP contribution in [0.2, 0.25) is 0 Å². The quantitative estimate of drug-likeness (QED) is 0.638. The molecule has 3 heterocycles. The van der Waals surface area contributed by atoms with Crippen molar-refractivity contribution in [1.29, 1.82) is 0 Å². The molecule has 0 spiro atoms. The summed E-state index contributed by atoms with van der Waals surface area (Å²) in [7, 11) is 1.66. The standard InChI is InChI=1S/C21H23N3O3S/c1-14-19(28-13-23-14)21(25)24-9-4-3-8-18(24)20-22-12-17(27-20)11-15-6-5-7-16(10-15)26-2/h5-7,10,12-13,18H,3-4,8-9,11H2,1-2H3/t18-/m1/s1. The Kier molecular flexibility index (Phi) is 5.43. The van der Waals surface area contributed by atoms with Crippen LogP contribution < -0.4 is 4.74 Å². The molecule has 1 atom stereocenters. The minimum Gasteiger partial charge on any atom is -0.497 e. The smallest absolute Gasteiger partial charge is 0.266 e. The number of rotatable bonds is 5. The lowest BCUT2D eigenvalue weighted by molar-refractivity contribution is 0.0574. The summed E-state index contributed by atoms with van der Waals surface area (Å²) in [5.74, 6) is 2.25. The Morgan fingerprint density at radius 3 is 3.04 bits per heavy atom. The molecule has 28 heavy (non-hydrogen) atoms. The molecule has 1 aliphatic heterocycles. The number of aryl methyl sites for hydroxylation is 1. The van der Waals surface area contributed by atoms with Gasteiger partial charge < -0.3 is 14.1 Å². The van der Waals surface area contributed by atoms with E-state index >= 15 is 0 Å². The van der Waals surface area contributed by atoms with Crippen LogP contribution in [0.5, 0.6) is 5.75 Å². The normalized spacial score (nSPS) is 16.9. The van der Waals surface area contributed by atoms with Gasteiger partial charge in [0.2, 0.25) is 5.89 Å². The first kappa shape index (κ1) is 18.7. The highest BCUT2D eigenvalue weighted by molar-refractivity contribution is 7.11. The molecule has 1 fully saturated rings. The topological polar surface area (TPSA) is 68.5 Å². The van der Waals surface area contributed by atoms with Crippen LogP contribution in [0, 0.1) is 6.92 Å². The Morgan fingerprint density at radius 2 is 2.25 bits per heavy atom. The van der Waals surface area contributed by atoms with Crippen molar-refractivity contribution in [2.24, 2.45) is 0 Å². The zero-order valence-electron chi connectivity index (χ0n) is 16.1. The van der Waals surface area contributed by atoms with Gasteiger partial charge in [-0.3, -0.25) is 4.79 Å². The third-order valence-electron chi connectivity index (χ3n) is 5.07. The van der Waals surface area contributed by atoms with Crippen molar-refractivity contribution < 1.29 is 13.9 Å². The molecule has 0 saturated carbocycles. The number of thiazole rings is 1. The van der Waals surface area contributed by atoms with Crippen molar-refractivity contribution in [2.45, 2.75) is 38.6 Å². The first-order valence-corrected chi connectivity index (χ1v) is 10.3. The molecule has 0 aliphatic carbocycles. The number of nitrogens with zero attached hydrogens (tertiary/aromatic N) is 3. The van der Waals surface area contributed by atoms with Crippen molar-refractivity contribution in [3.05, 3.63) is 63.8 Å². The van der Waals surface area contributed by atoms with E-state index in [0.717, 1.165) is 42.0 Å². The number of carbonyl (C=O) groups excluding carboxylic acids is 1. The third-order valence-corrected chi connectivity index (χ3v) is 5.99. The van der Waals surface area contributed by atoms with Crippen molar-refractivity contribution in [3.63, 3.8) is 0 Å². The Hall–Kier alpha value is -2.67. The van der Waals surface area contributed by atoms with Gasteiger partial charge in [-0.2, -0.15) is 0 Å². The van der Waals surface area contributed by atoms with Crippen LogP contribution in [0.4, 0.5) is 0 Å². The monoisotopic (exact) mass is 397 g/mol. The second kappa shape index (κ2) is 8.14. The average molecular weight is 398 g/mol. The van der Waals surface area contributed by atoms with E-state index in [4.69, 9.17) is 9.15 Å². The van der Waals surface area contributed by atoms with E-state index < -0.39 is 0 Å². The summed E-state index contributed by atoms with van der Waals surface area (Å²) in [6.45, 7) is 2.59. The molecule has 3 aromatic rings. The number of methoxy groups -OCH3 is 1. The molecular formula is C21H23N3O3S. The summed E-state index contributed by atoms with van der Waals surface area (Å²) in [6, 6.07) is 7.78. The average Bonchev–Trinajstić information content (AvgIpc) is 3.36. The number of aromatic nitrogens is 2. The lowest BCUT2D eigenvalue weighted by Gasteiger charge is -2.33. The lowest BCUT2D eigenvalue weighted by Crippen LogP contribution is -2.38. The molecule has 1 aliphatic rings. The zero-order chi connectivity index (χ0) is 19.5. The SMILES string of the molecule is COc1cccc(Cc2cnc([C@H]3CCCCN3C(=O)c3scnc3C)o2)c1. The number of carbonyl (C=O) groups is 1. The number of hydrogen-bond acceptors (Lipinski definition) is 6. The molecule has 7 heteroatoms. The Balaban J connectivity index is 1.54. The van der Waals surface area contributed by atoms with Crippen molar-refractivity contribution in [2.75, 3.05) is 13.7 Å². The van der Waals surface area contributed by atoms with Crippen LogP contribution in [-0.4, -0.2) is 34.4 Å². The van der Waals surface area contributed by atoms with Gasteiger partial charge in [-0.1, -0.05) is 12.1 Å². The van der Waals surface area contributed by atoms with Gasteiger partial charge in [0, 0.05) is 13.0 Å². The van der Waals surface area contributed by atoms with Gasteiger partial charge in [0.05, 0.1) is 24.5 Å². The molecule has 4 rings (SSSR count). The molecule has 1 amide bonds. The van der Waals surface area contributed by atoms with Crippen LogP contribution in [0.25, 0.3) is 0 Å². The molecule has 0 radical (unpaired) electrons. The fourth-order valence-corrected chi connectivity index (χ4v) is 4.37. The van der Waals surface area contributed by atoms with Gasteiger partial charge in [-0.15, -0.1) is 11.3 Å². The predicted molar refractivity (Wildman–Crippen MR) is 107 cm³/mol. The maximum Gasteiger partial charge on any atom is 0.266 e. The maximum absolute atomic E-state index is 13.0. The Bertz CT molecular complexity index is 965. The van der Waals surface area contributed by atoms with Crippen LogP contribution in [0.3, 0.4) is 0 Å². The summed E-state index contributed by atoms with van der Waals surface area (Å²) >= 11 is 1.39. The summed E-state index contributed by atoms with van der Waals surface area (Å²) in [4.78, 5) is 24.4. The number of likely N-dealkylation sites (tertiary alicyclic amines) is 1. The summed E-state index contributed by atoms with van der Waals surface area (Å²) in [5, 5.41) is 0. The number of hydrogen-bond donors (Lipinski definition) is 0. The summed E-state index contributed by atoms with van der Waals surface area (Å²) in [6.07, 6.45) is 5.33. The predicted octanol–water partition coefficient (Wildman–Crippen LogP) is 4.41. The van der Waals surface area contributed by atoms with Gasteiger partial charge in [-0.05, 0) is 43.9 Å². The van der Waals surface area contributed by atoms with E-state index in [1.54, 1.807) is 18.8 Å². The zero-order valence-corrected chi connectivity index (χ0v) is 16.9. The summed E-state index contributed by atoms with van der Waals surface area (Å²) < 4.78 is 11.4. The highest BCUT2D eigenvalue weighted by atomic mass is 32.1. The highest BCUT2D eigenvalue weighted by Crippen LogP contribution is 2.33. The molecule has 0 N–H and O–H groups in total. The molecule has 146 valence electrons. The molecule has 1 saturated heterocycles. The Labute approximate surface area is 168 Å². The van der Waals surface area contributed by atoms with E-state index in [1.165, 1.54) is 11.3 Å². The number of ether oxygens (including phenoxy) is 1. The van der Waals surface area contributed by atoms with E-state index in [1.807, 2.05) is 36.1 Å². The fourth-order valence-electron chi connectivity index (χ4n) is 3.61. The van der Waals surface area contributed by atoms with Gasteiger partial charge >= 0.3 is 0 Å². The van der Waals surface area contributed by atoms with Crippen molar-refractivity contribution in [3.8, 4) is 5.75 Å². The molecule has 0 unspecified atom stereocenters. The van der Waals surface area contributed by atoms with Crippen LogP contribution in [0.1, 0.15) is 57.9 Å². The van der Waals surface area contributed by atoms with E-state index in [-0.39, 0.29) is 11.9 Å². The molecule has 1 aromatic carbocycles. The fraction of sp³-hybridized carbons (Fsp3) is 0.381. The largest absolute Gasteiger partial charge is 0.497 e. The van der Waals surface area contributed by atoms with E-state index in [9.17, 15) is 4.79 Å². The van der Waals surface area contributed by atoms with Gasteiger partial charge in [0.25, 0.3) is 5.91 Å². The first-order chi connectivity index (χ1) is 13.7. The molecule has 0 bridgehead atoms. The van der Waals surface area contributed by atoms with E-state index in [0.29, 0.717) is 23.7 Å². The van der Waals surface area contributed by atoms with Crippen LogP contribution in [-0.2, 0) is 6.42 Å². The van der Waals surface area contributed by atoms with Gasteiger partial charge in [-0.25, -0.2) is 9.97 Å². The van der Waals surface area contributed by atoms with Gasteiger partial charge in [0.15, 0.2) is 0 Å². The van der Waals surface area contributed by atoms with E-state index in [2.05, 4.69) is 9.97 Å². The Morgan fingerprint density at radius 1 is 1.36 bits per heavy atom. The number of piperidine rings is 1. The number of benzene rings is 1. The molecular weight excluding hydrogens is 374 g/mol. The molecule has 6 nitrogen and oxygen atoms in total. The van der Waals surface area contributed by atoms with Crippen LogP contribution >= 0.6 is 11.3 Å². The lowest BCUT2D eigenvalue weighted by atomic mass is 10.0. The number of amides is 1. The van der Waals surface area contributed by atoms with Crippen molar-refractivity contribution >= 4 is 17.2 Å². The highest BCUT2D eigenvalue weighted by Gasteiger charge is 2.33. The minimum absolute atomic E-state index is 0.0252. The summed E-state index contributed by atoms with van der Waals surface area (Å²) in [5.41, 5.74) is 3.60. The van der Waals surface area contributed by atoms with Gasteiger partial charge in [0.1, 0.15) is 22.4 Å². The third kappa shape index (κ3) is 3.80. The van der Waals surface area contributed by atoms with Crippen molar-refractivity contribution in [1.82, 2.24) is 14.9 Å². The van der Waals surface area contributed by atoms with Crippen LogP contribution in [0.15, 0.2) is 40.4 Å². The first-order valence-electron chi connectivity index (χ1n) is 9.44. The molecule has 2 aromatic heterocycles.